The average molecular weight is 401 g/mol. The lowest BCUT2D eigenvalue weighted by Gasteiger charge is -2.32. The molecule has 4 rings (SSSR count). The number of benzene rings is 2. The smallest absolute Gasteiger partial charge is 0.225 e. The summed E-state index contributed by atoms with van der Waals surface area (Å²) < 4.78 is 0. The van der Waals surface area contributed by atoms with Gasteiger partial charge in [-0.1, -0.05) is 48.5 Å². The zero-order valence-corrected chi connectivity index (χ0v) is 17.6. The van der Waals surface area contributed by atoms with Crippen molar-refractivity contribution in [3.05, 3.63) is 77.4 Å². The van der Waals surface area contributed by atoms with Gasteiger partial charge in [-0.2, -0.15) is 0 Å². The van der Waals surface area contributed by atoms with Crippen molar-refractivity contribution >= 4 is 11.7 Å². The van der Waals surface area contributed by atoms with Crippen LogP contribution in [0.1, 0.15) is 29.5 Å². The van der Waals surface area contributed by atoms with Gasteiger partial charge in [-0.25, -0.2) is 0 Å². The molecule has 5 heteroatoms. The molecule has 1 N–H and O–H groups in total. The minimum absolute atomic E-state index is 0.0272. The molecule has 2 heterocycles. The number of hydrogen-bond donors (Lipinski definition) is 1. The van der Waals surface area contributed by atoms with Gasteiger partial charge in [0.05, 0.1) is 11.6 Å². The first kappa shape index (κ1) is 20.1. The minimum Gasteiger partial charge on any atom is -0.354 e. The normalized spacial score (nSPS) is 16.3. The number of hydrogen-bond acceptors (Lipinski definition) is 4. The Labute approximate surface area is 178 Å². The lowest BCUT2D eigenvalue weighted by atomic mass is 9.97. The molecule has 1 aliphatic heterocycles. The van der Waals surface area contributed by atoms with Gasteiger partial charge in [-0.05, 0) is 55.5 Å². The molecule has 30 heavy (non-hydrogen) atoms. The van der Waals surface area contributed by atoms with Gasteiger partial charge in [0.15, 0.2) is 5.82 Å². The first-order chi connectivity index (χ1) is 14.6. The molecule has 1 fully saturated rings. The van der Waals surface area contributed by atoms with E-state index in [0.717, 1.165) is 42.0 Å². The Hall–Kier alpha value is -3.21. The summed E-state index contributed by atoms with van der Waals surface area (Å²) in [6, 6.07) is 20.4. The van der Waals surface area contributed by atoms with Crippen LogP contribution in [-0.4, -0.2) is 29.2 Å². The topological polar surface area (TPSA) is 58.1 Å². The lowest BCUT2D eigenvalue weighted by Crippen LogP contribution is -2.43. The Morgan fingerprint density at radius 3 is 2.50 bits per heavy atom. The number of nitrogens with zero attached hydrogens (tertiary/aromatic N) is 3. The Bertz CT molecular complexity index is 1020. The maximum atomic E-state index is 12.8. The molecule has 1 unspecified atom stereocenters. The average Bonchev–Trinajstić information content (AvgIpc) is 2.79. The van der Waals surface area contributed by atoms with Crippen molar-refractivity contribution in [2.45, 2.75) is 33.2 Å². The molecule has 1 saturated heterocycles. The van der Waals surface area contributed by atoms with Crippen LogP contribution in [0.5, 0.6) is 0 Å². The highest BCUT2D eigenvalue weighted by atomic mass is 16.1. The Balaban J connectivity index is 1.39. The molecule has 0 radical (unpaired) electrons. The fraction of sp³-hybridized carbons (Fsp3) is 0.320. The first-order valence-corrected chi connectivity index (χ1v) is 10.6. The van der Waals surface area contributed by atoms with Crippen LogP contribution in [0.15, 0.2) is 60.7 Å². The molecule has 0 spiro atoms. The standard InChI is InChI=1S/C25H28N4O/c1-18-8-3-5-10-20(18)16-26-25(30)21-11-7-15-29(17-21)24-14-13-23(27-28-24)22-12-6-4-9-19(22)2/h3-6,8-10,12-14,21H,7,11,15-17H2,1-2H3,(H,26,30). The zero-order valence-electron chi connectivity index (χ0n) is 17.6. The Kier molecular flexibility index (Phi) is 6.07. The maximum Gasteiger partial charge on any atom is 0.225 e. The van der Waals surface area contributed by atoms with Crippen LogP contribution >= 0.6 is 0 Å². The Morgan fingerprint density at radius 2 is 1.77 bits per heavy atom. The van der Waals surface area contributed by atoms with E-state index in [2.05, 4.69) is 58.5 Å². The van der Waals surface area contributed by atoms with Crippen molar-refractivity contribution in [1.29, 1.82) is 0 Å². The summed E-state index contributed by atoms with van der Waals surface area (Å²) in [6.45, 7) is 6.31. The molecular formula is C25H28N4O. The maximum absolute atomic E-state index is 12.8. The van der Waals surface area contributed by atoms with Crippen LogP contribution < -0.4 is 10.2 Å². The monoisotopic (exact) mass is 400 g/mol. The van der Waals surface area contributed by atoms with E-state index in [0.29, 0.717) is 13.1 Å². The summed E-state index contributed by atoms with van der Waals surface area (Å²) in [7, 11) is 0. The quantitative estimate of drug-likeness (QED) is 0.694. The SMILES string of the molecule is Cc1ccccc1CNC(=O)C1CCCN(c2ccc(-c3ccccc3C)nn2)C1. The molecule has 0 aliphatic carbocycles. The van der Waals surface area contributed by atoms with E-state index in [4.69, 9.17) is 0 Å². The van der Waals surface area contributed by atoms with Crippen molar-refractivity contribution in [3.8, 4) is 11.3 Å². The number of nitrogens with one attached hydrogen (secondary N) is 1. The fourth-order valence-corrected chi connectivity index (χ4v) is 4.03. The second-order valence-electron chi connectivity index (χ2n) is 8.02. The molecule has 0 bridgehead atoms. The molecule has 0 saturated carbocycles. The molecule has 1 atom stereocenters. The van der Waals surface area contributed by atoms with Gasteiger partial charge in [0.2, 0.25) is 5.91 Å². The molecule has 3 aromatic rings. The summed E-state index contributed by atoms with van der Waals surface area (Å²) in [5, 5.41) is 12.0. The molecule has 154 valence electrons. The second kappa shape index (κ2) is 9.08. The van der Waals surface area contributed by atoms with Crippen molar-refractivity contribution < 1.29 is 4.79 Å². The van der Waals surface area contributed by atoms with Gasteiger partial charge in [-0.3, -0.25) is 4.79 Å². The fourth-order valence-electron chi connectivity index (χ4n) is 4.03. The van der Waals surface area contributed by atoms with Gasteiger partial charge in [-0.15, -0.1) is 10.2 Å². The number of aromatic nitrogens is 2. The number of carbonyl (C=O) groups is 1. The van der Waals surface area contributed by atoms with Crippen LogP contribution in [0.4, 0.5) is 5.82 Å². The van der Waals surface area contributed by atoms with Crippen molar-refractivity contribution in [3.63, 3.8) is 0 Å². The van der Waals surface area contributed by atoms with Crippen LogP contribution in [0.25, 0.3) is 11.3 Å². The van der Waals surface area contributed by atoms with E-state index < -0.39 is 0 Å². The number of piperidine rings is 1. The highest BCUT2D eigenvalue weighted by Crippen LogP contribution is 2.25. The van der Waals surface area contributed by atoms with E-state index in [1.807, 2.05) is 36.4 Å². The molecule has 1 amide bonds. The Morgan fingerprint density at radius 1 is 1.00 bits per heavy atom. The minimum atomic E-state index is -0.0272. The second-order valence-corrected chi connectivity index (χ2v) is 8.02. The van der Waals surface area contributed by atoms with Crippen LogP contribution in [0.2, 0.25) is 0 Å². The van der Waals surface area contributed by atoms with Gasteiger partial charge >= 0.3 is 0 Å². The third-order valence-corrected chi connectivity index (χ3v) is 5.90. The number of carbonyl (C=O) groups excluding carboxylic acids is 1. The van der Waals surface area contributed by atoms with Crippen molar-refractivity contribution in [1.82, 2.24) is 15.5 Å². The predicted molar refractivity (Wildman–Crippen MR) is 120 cm³/mol. The van der Waals surface area contributed by atoms with E-state index in [9.17, 15) is 4.79 Å². The lowest BCUT2D eigenvalue weighted by molar-refractivity contribution is -0.125. The molecule has 1 aliphatic rings. The molecular weight excluding hydrogens is 372 g/mol. The number of anilines is 1. The van der Waals surface area contributed by atoms with Gasteiger partial charge in [0.25, 0.3) is 0 Å². The van der Waals surface area contributed by atoms with Crippen LogP contribution in [0, 0.1) is 19.8 Å². The number of rotatable bonds is 5. The first-order valence-electron chi connectivity index (χ1n) is 10.6. The van der Waals surface area contributed by atoms with E-state index >= 15 is 0 Å². The zero-order chi connectivity index (χ0) is 20.9. The van der Waals surface area contributed by atoms with E-state index in [1.54, 1.807) is 0 Å². The summed E-state index contributed by atoms with van der Waals surface area (Å²) in [6.07, 6.45) is 1.88. The number of amides is 1. The van der Waals surface area contributed by atoms with Crippen LogP contribution in [0.3, 0.4) is 0 Å². The summed E-state index contributed by atoms with van der Waals surface area (Å²) >= 11 is 0. The largest absolute Gasteiger partial charge is 0.354 e. The third kappa shape index (κ3) is 4.51. The van der Waals surface area contributed by atoms with E-state index in [1.165, 1.54) is 11.1 Å². The summed E-state index contributed by atoms with van der Waals surface area (Å²) in [4.78, 5) is 14.9. The molecule has 5 nitrogen and oxygen atoms in total. The van der Waals surface area contributed by atoms with Gasteiger partial charge in [0, 0.05) is 25.2 Å². The molecule has 2 aromatic carbocycles. The van der Waals surface area contributed by atoms with Gasteiger partial charge in [0.1, 0.15) is 0 Å². The third-order valence-electron chi connectivity index (χ3n) is 5.90. The summed E-state index contributed by atoms with van der Waals surface area (Å²) in [5.74, 6) is 0.928. The van der Waals surface area contributed by atoms with E-state index in [-0.39, 0.29) is 11.8 Å². The predicted octanol–water partition coefficient (Wildman–Crippen LogP) is 4.29. The van der Waals surface area contributed by atoms with Crippen molar-refractivity contribution in [2.24, 2.45) is 5.92 Å². The van der Waals surface area contributed by atoms with Crippen molar-refractivity contribution in [2.75, 3.05) is 18.0 Å². The highest BCUT2D eigenvalue weighted by Gasteiger charge is 2.26. The highest BCUT2D eigenvalue weighted by molar-refractivity contribution is 5.79. The number of aryl methyl sites for hydroxylation is 2. The van der Waals surface area contributed by atoms with Crippen LogP contribution in [-0.2, 0) is 11.3 Å². The molecule has 1 aromatic heterocycles. The summed E-state index contributed by atoms with van der Waals surface area (Å²) in [5.41, 5.74) is 5.52. The van der Waals surface area contributed by atoms with Gasteiger partial charge < -0.3 is 10.2 Å².